The monoisotopic (exact) mass is 325 g/mol. The first-order chi connectivity index (χ1) is 9.63. The van der Waals surface area contributed by atoms with Gasteiger partial charge >= 0.3 is 0 Å². The van der Waals surface area contributed by atoms with E-state index in [0.29, 0.717) is 6.61 Å². The fourth-order valence-corrected chi connectivity index (χ4v) is 2.86. The normalized spacial score (nSPS) is 12.8. The predicted octanol–water partition coefficient (Wildman–Crippen LogP) is 5.22. The molecular formula is C15H23NO3SSi. The summed E-state index contributed by atoms with van der Waals surface area (Å²) in [5.41, 5.74) is 0.115. The lowest BCUT2D eigenvalue weighted by molar-refractivity contribution is -0.384. The van der Waals surface area contributed by atoms with Crippen LogP contribution in [-0.2, 0) is 4.43 Å². The molecule has 0 spiro atoms. The van der Waals surface area contributed by atoms with Gasteiger partial charge in [0.05, 0.1) is 11.5 Å². The molecule has 0 heterocycles. The van der Waals surface area contributed by atoms with Crippen LogP contribution in [0.4, 0.5) is 5.69 Å². The van der Waals surface area contributed by atoms with E-state index in [2.05, 4.69) is 33.9 Å². The van der Waals surface area contributed by atoms with Crippen molar-refractivity contribution in [1.29, 1.82) is 0 Å². The largest absolute Gasteiger partial charge is 0.413 e. The van der Waals surface area contributed by atoms with Gasteiger partial charge in [-0.05, 0) is 35.7 Å². The summed E-state index contributed by atoms with van der Waals surface area (Å²) in [6.07, 6.45) is 1.99. The molecule has 0 bridgehead atoms. The Morgan fingerprint density at radius 3 is 2.33 bits per heavy atom. The molecule has 0 radical (unpaired) electrons. The van der Waals surface area contributed by atoms with Crippen molar-refractivity contribution in [2.24, 2.45) is 0 Å². The molecule has 0 N–H and O–H groups in total. The van der Waals surface area contributed by atoms with Gasteiger partial charge in [-0.1, -0.05) is 38.6 Å². The summed E-state index contributed by atoms with van der Waals surface area (Å²) in [6.45, 7) is 11.7. The Morgan fingerprint density at radius 2 is 1.86 bits per heavy atom. The Bertz CT molecular complexity index is 507. The van der Waals surface area contributed by atoms with Crippen molar-refractivity contribution in [2.45, 2.75) is 43.8 Å². The molecule has 0 aliphatic carbocycles. The standard InChI is InChI=1S/C15H23NO3SSi/c1-15(2,3)21(4,5)19-11-6-12-20-14-9-7-13(8-10-14)16(17)18/h6-10,12H,11H2,1-5H3/b12-6-. The zero-order chi connectivity index (χ0) is 16.1. The van der Waals surface area contributed by atoms with Gasteiger partial charge in [0.2, 0.25) is 0 Å². The van der Waals surface area contributed by atoms with E-state index in [0.717, 1.165) is 4.90 Å². The SMILES string of the molecule is CC(C)(C)[Si](C)(C)OC/C=C\Sc1ccc([N+](=O)[O-])cc1. The zero-order valence-corrected chi connectivity index (χ0v) is 15.1. The van der Waals surface area contributed by atoms with Gasteiger partial charge in [0, 0.05) is 17.0 Å². The molecule has 0 saturated heterocycles. The van der Waals surface area contributed by atoms with E-state index < -0.39 is 13.2 Å². The lowest BCUT2D eigenvalue weighted by Crippen LogP contribution is -2.40. The number of benzene rings is 1. The molecule has 0 aliphatic rings. The predicted molar refractivity (Wildman–Crippen MR) is 91.2 cm³/mol. The van der Waals surface area contributed by atoms with Crippen molar-refractivity contribution in [1.82, 2.24) is 0 Å². The number of rotatable bonds is 6. The minimum absolute atomic E-state index is 0.115. The highest BCUT2D eigenvalue weighted by atomic mass is 32.2. The zero-order valence-electron chi connectivity index (χ0n) is 13.3. The first kappa shape index (κ1) is 17.9. The van der Waals surface area contributed by atoms with Gasteiger partial charge in [-0.3, -0.25) is 10.1 Å². The molecular weight excluding hydrogens is 302 g/mol. The second-order valence-corrected chi connectivity index (χ2v) is 12.1. The van der Waals surface area contributed by atoms with Crippen LogP contribution in [0.5, 0.6) is 0 Å². The van der Waals surface area contributed by atoms with E-state index in [-0.39, 0.29) is 10.7 Å². The highest BCUT2D eigenvalue weighted by molar-refractivity contribution is 8.02. The number of nitrogens with zero attached hydrogens (tertiary/aromatic N) is 1. The molecule has 21 heavy (non-hydrogen) atoms. The maximum atomic E-state index is 10.6. The molecule has 1 aromatic rings. The molecule has 4 nitrogen and oxygen atoms in total. The number of hydrogen-bond donors (Lipinski definition) is 0. The highest BCUT2D eigenvalue weighted by Gasteiger charge is 2.36. The number of thioether (sulfide) groups is 1. The molecule has 1 aromatic carbocycles. The Morgan fingerprint density at radius 1 is 1.29 bits per heavy atom. The Balaban J connectivity index is 2.44. The number of non-ortho nitro benzene ring substituents is 1. The van der Waals surface area contributed by atoms with Crippen molar-refractivity contribution in [3.8, 4) is 0 Å². The third-order valence-electron chi connectivity index (χ3n) is 3.69. The van der Waals surface area contributed by atoms with Gasteiger partial charge < -0.3 is 4.43 Å². The summed E-state index contributed by atoms with van der Waals surface area (Å²) >= 11 is 1.53. The van der Waals surface area contributed by atoms with E-state index in [4.69, 9.17) is 4.43 Å². The van der Waals surface area contributed by atoms with E-state index in [1.54, 1.807) is 12.1 Å². The van der Waals surface area contributed by atoms with Crippen molar-refractivity contribution < 1.29 is 9.35 Å². The second-order valence-electron chi connectivity index (χ2n) is 6.31. The van der Waals surface area contributed by atoms with Crippen LogP contribution < -0.4 is 0 Å². The van der Waals surface area contributed by atoms with Gasteiger partial charge in [-0.15, -0.1) is 0 Å². The van der Waals surface area contributed by atoms with Gasteiger partial charge in [0.25, 0.3) is 5.69 Å². The topological polar surface area (TPSA) is 52.4 Å². The minimum atomic E-state index is -1.69. The molecule has 0 amide bonds. The fourth-order valence-electron chi connectivity index (χ4n) is 1.29. The van der Waals surface area contributed by atoms with Crippen molar-refractivity contribution >= 4 is 25.8 Å². The highest BCUT2D eigenvalue weighted by Crippen LogP contribution is 2.36. The summed E-state index contributed by atoms with van der Waals surface area (Å²) in [7, 11) is -1.69. The Hall–Kier alpha value is -1.11. The smallest absolute Gasteiger partial charge is 0.269 e. The van der Waals surface area contributed by atoms with Crippen LogP contribution in [0.3, 0.4) is 0 Å². The second kappa shape index (κ2) is 7.24. The van der Waals surface area contributed by atoms with E-state index >= 15 is 0 Å². The van der Waals surface area contributed by atoms with Gasteiger partial charge in [0.1, 0.15) is 0 Å². The summed E-state index contributed by atoms with van der Waals surface area (Å²) in [6, 6.07) is 6.54. The summed E-state index contributed by atoms with van der Waals surface area (Å²) in [5, 5.41) is 12.7. The molecule has 0 fully saturated rings. The van der Waals surface area contributed by atoms with Crippen LogP contribution in [0, 0.1) is 10.1 Å². The van der Waals surface area contributed by atoms with Gasteiger partial charge in [0.15, 0.2) is 8.32 Å². The first-order valence-electron chi connectivity index (χ1n) is 6.83. The average Bonchev–Trinajstić information content (AvgIpc) is 2.37. The molecule has 116 valence electrons. The average molecular weight is 326 g/mol. The molecule has 0 unspecified atom stereocenters. The van der Waals surface area contributed by atoms with Crippen LogP contribution in [0.1, 0.15) is 20.8 Å². The lowest BCUT2D eigenvalue weighted by atomic mass is 10.2. The number of nitro groups is 1. The number of hydrogen-bond acceptors (Lipinski definition) is 4. The molecule has 0 aromatic heterocycles. The lowest BCUT2D eigenvalue weighted by Gasteiger charge is -2.35. The van der Waals surface area contributed by atoms with Crippen LogP contribution in [0.15, 0.2) is 40.6 Å². The van der Waals surface area contributed by atoms with Crippen LogP contribution >= 0.6 is 11.8 Å². The fraction of sp³-hybridized carbons (Fsp3) is 0.467. The third-order valence-corrected chi connectivity index (χ3v) is 9.07. The van der Waals surface area contributed by atoms with Gasteiger partial charge in [-0.2, -0.15) is 0 Å². The molecule has 6 heteroatoms. The molecule has 0 aliphatic heterocycles. The van der Waals surface area contributed by atoms with Crippen molar-refractivity contribution in [2.75, 3.05) is 6.61 Å². The van der Waals surface area contributed by atoms with E-state index in [1.165, 1.54) is 23.9 Å². The van der Waals surface area contributed by atoms with Crippen molar-refractivity contribution in [3.05, 3.63) is 45.9 Å². The maximum absolute atomic E-state index is 10.6. The minimum Gasteiger partial charge on any atom is -0.413 e. The van der Waals surface area contributed by atoms with E-state index in [1.807, 2.05) is 11.5 Å². The Labute approximate surface area is 131 Å². The summed E-state index contributed by atoms with van der Waals surface area (Å²) < 4.78 is 6.03. The molecule has 1 rings (SSSR count). The molecule has 0 saturated carbocycles. The summed E-state index contributed by atoms with van der Waals surface area (Å²) in [5.74, 6) is 0. The first-order valence-corrected chi connectivity index (χ1v) is 10.6. The number of nitro benzene ring substituents is 1. The van der Waals surface area contributed by atoms with Crippen LogP contribution in [-0.4, -0.2) is 19.8 Å². The van der Waals surface area contributed by atoms with Crippen molar-refractivity contribution in [3.63, 3.8) is 0 Å². The van der Waals surface area contributed by atoms with Crippen LogP contribution in [0.2, 0.25) is 18.1 Å². The van der Waals surface area contributed by atoms with E-state index in [9.17, 15) is 10.1 Å². The molecule has 0 atom stereocenters. The quantitative estimate of drug-likeness (QED) is 0.311. The third kappa shape index (κ3) is 5.65. The van der Waals surface area contributed by atoms with Gasteiger partial charge in [-0.25, -0.2) is 0 Å². The Kier molecular flexibility index (Phi) is 6.19. The maximum Gasteiger partial charge on any atom is 0.269 e. The van der Waals surface area contributed by atoms with Crippen LogP contribution in [0.25, 0.3) is 0 Å². The summed E-state index contributed by atoms with van der Waals surface area (Å²) in [4.78, 5) is 11.1.